The Morgan fingerprint density at radius 3 is 2.73 bits per heavy atom. The lowest BCUT2D eigenvalue weighted by atomic mass is 10.2. The zero-order valence-corrected chi connectivity index (χ0v) is 8.23. The maximum absolute atomic E-state index is 10.6. The number of oxazole rings is 1. The van der Waals surface area contributed by atoms with Gasteiger partial charge in [-0.15, -0.1) is 0 Å². The molecule has 0 saturated heterocycles. The molecule has 0 unspecified atom stereocenters. The molecule has 0 amide bonds. The molecule has 1 N–H and O–H groups in total. The molecule has 0 fully saturated rings. The largest absolute Gasteiger partial charge is 0.476 e. The van der Waals surface area contributed by atoms with E-state index in [-0.39, 0.29) is 11.6 Å². The molecule has 15 heavy (non-hydrogen) atoms. The highest BCUT2D eigenvalue weighted by Gasteiger charge is 2.13. The van der Waals surface area contributed by atoms with Gasteiger partial charge >= 0.3 is 5.97 Å². The van der Waals surface area contributed by atoms with Gasteiger partial charge in [0.1, 0.15) is 6.26 Å². The summed E-state index contributed by atoms with van der Waals surface area (Å²) in [6.07, 6.45) is 1.08. The summed E-state index contributed by atoms with van der Waals surface area (Å²) in [6, 6.07) is 6.93. The van der Waals surface area contributed by atoms with Crippen LogP contribution >= 0.6 is 11.6 Å². The van der Waals surface area contributed by atoms with Gasteiger partial charge in [-0.25, -0.2) is 9.78 Å². The summed E-state index contributed by atoms with van der Waals surface area (Å²) < 4.78 is 5.02. The van der Waals surface area contributed by atoms with Crippen molar-refractivity contribution in [2.75, 3.05) is 0 Å². The number of carboxylic acid groups (broad SMARTS) is 1. The number of aromatic nitrogens is 1. The Kier molecular flexibility index (Phi) is 2.43. The molecule has 0 radical (unpaired) electrons. The standard InChI is InChI=1S/C10H6ClNO3/c11-7-4-2-1-3-6(7)9-12-8(5-15-9)10(13)14/h1-5H,(H,13,14). The third kappa shape index (κ3) is 1.85. The van der Waals surface area contributed by atoms with Crippen molar-refractivity contribution in [1.82, 2.24) is 4.98 Å². The van der Waals surface area contributed by atoms with Crippen LogP contribution in [0.4, 0.5) is 0 Å². The average molecular weight is 224 g/mol. The Morgan fingerprint density at radius 2 is 2.13 bits per heavy atom. The van der Waals surface area contributed by atoms with Gasteiger partial charge in [-0.3, -0.25) is 0 Å². The van der Waals surface area contributed by atoms with E-state index in [4.69, 9.17) is 21.1 Å². The Morgan fingerprint density at radius 1 is 1.40 bits per heavy atom. The Bertz CT molecular complexity index is 507. The molecule has 76 valence electrons. The number of hydrogen-bond donors (Lipinski definition) is 1. The first-order chi connectivity index (χ1) is 7.18. The Labute approximate surface area is 90.1 Å². The summed E-state index contributed by atoms with van der Waals surface area (Å²) in [4.78, 5) is 14.4. The van der Waals surface area contributed by atoms with Gasteiger partial charge in [0, 0.05) is 0 Å². The number of halogens is 1. The molecule has 0 spiro atoms. The highest BCUT2D eigenvalue weighted by molar-refractivity contribution is 6.33. The zero-order chi connectivity index (χ0) is 10.8. The molecule has 0 bridgehead atoms. The van der Waals surface area contributed by atoms with Crippen LogP contribution in [0.3, 0.4) is 0 Å². The molecule has 0 aliphatic carbocycles. The van der Waals surface area contributed by atoms with Crippen molar-refractivity contribution in [3.05, 3.63) is 41.2 Å². The normalized spacial score (nSPS) is 10.2. The summed E-state index contributed by atoms with van der Waals surface area (Å²) in [6.45, 7) is 0. The molecule has 4 nitrogen and oxygen atoms in total. The quantitative estimate of drug-likeness (QED) is 0.850. The van der Waals surface area contributed by atoms with Crippen molar-refractivity contribution in [2.45, 2.75) is 0 Å². The molecule has 5 heteroatoms. The van der Waals surface area contributed by atoms with Crippen LogP contribution in [-0.4, -0.2) is 16.1 Å². The van der Waals surface area contributed by atoms with Gasteiger partial charge in [-0.05, 0) is 12.1 Å². The second-order valence-corrected chi connectivity index (χ2v) is 3.23. The van der Waals surface area contributed by atoms with E-state index in [0.717, 1.165) is 6.26 Å². The SMILES string of the molecule is O=C(O)c1coc(-c2ccccc2Cl)n1. The summed E-state index contributed by atoms with van der Waals surface area (Å²) in [5, 5.41) is 9.13. The van der Waals surface area contributed by atoms with Crippen LogP contribution < -0.4 is 0 Å². The first-order valence-electron chi connectivity index (χ1n) is 4.12. The molecule has 0 saturated carbocycles. The van der Waals surface area contributed by atoms with Crippen LogP contribution in [0.15, 0.2) is 34.9 Å². The van der Waals surface area contributed by atoms with E-state index in [1.165, 1.54) is 0 Å². The van der Waals surface area contributed by atoms with Gasteiger partial charge in [0.25, 0.3) is 0 Å². The molecule has 2 aromatic rings. The molecule has 0 aliphatic rings. The molecule has 0 aliphatic heterocycles. The van der Waals surface area contributed by atoms with Crippen molar-refractivity contribution in [3.8, 4) is 11.5 Å². The lowest BCUT2D eigenvalue weighted by Crippen LogP contribution is -1.95. The van der Waals surface area contributed by atoms with E-state index >= 15 is 0 Å². The molecule has 1 heterocycles. The van der Waals surface area contributed by atoms with Crippen LogP contribution in [0.2, 0.25) is 5.02 Å². The van der Waals surface area contributed by atoms with Gasteiger partial charge in [-0.1, -0.05) is 23.7 Å². The van der Waals surface area contributed by atoms with E-state index in [1.807, 2.05) is 0 Å². The monoisotopic (exact) mass is 223 g/mol. The number of nitrogens with zero attached hydrogens (tertiary/aromatic N) is 1. The highest BCUT2D eigenvalue weighted by Crippen LogP contribution is 2.26. The summed E-state index contributed by atoms with van der Waals surface area (Å²) in [5.74, 6) is -0.921. The third-order valence-corrected chi connectivity index (χ3v) is 2.16. The number of carboxylic acids is 1. The van der Waals surface area contributed by atoms with Crippen molar-refractivity contribution in [2.24, 2.45) is 0 Å². The lowest BCUT2D eigenvalue weighted by Gasteiger charge is -1.96. The minimum Gasteiger partial charge on any atom is -0.476 e. The first-order valence-corrected chi connectivity index (χ1v) is 4.50. The van der Waals surface area contributed by atoms with Crippen LogP contribution in [-0.2, 0) is 0 Å². The molecular weight excluding hydrogens is 218 g/mol. The smallest absolute Gasteiger partial charge is 0.357 e. The van der Waals surface area contributed by atoms with Crippen molar-refractivity contribution in [1.29, 1.82) is 0 Å². The third-order valence-electron chi connectivity index (χ3n) is 1.83. The van der Waals surface area contributed by atoms with Crippen LogP contribution in [0, 0.1) is 0 Å². The Balaban J connectivity index is 2.46. The molecule has 1 aromatic carbocycles. The number of carbonyl (C=O) groups is 1. The fraction of sp³-hybridized carbons (Fsp3) is 0. The minimum absolute atomic E-state index is 0.134. The van der Waals surface area contributed by atoms with Crippen molar-refractivity contribution >= 4 is 17.6 Å². The lowest BCUT2D eigenvalue weighted by molar-refractivity contribution is 0.0690. The summed E-state index contributed by atoms with van der Waals surface area (Å²) in [7, 11) is 0. The van der Waals surface area contributed by atoms with Gasteiger partial charge in [0.05, 0.1) is 10.6 Å². The average Bonchev–Trinajstić information content (AvgIpc) is 2.67. The Hall–Kier alpha value is -1.81. The van der Waals surface area contributed by atoms with E-state index in [1.54, 1.807) is 24.3 Å². The van der Waals surface area contributed by atoms with Crippen LogP contribution in [0.1, 0.15) is 10.5 Å². The van der Waals surface area contributed by atoms with Crippen LogP contribution in [0.5, 0.6) is 0 Å². The van der Waals surface area contributed by atoms with E-state index in [0.29, 0.717) is 10.6 Å². The van der Waals surface area contributed by atoms with E-state index in [2.05, 4.69) is 4.98 Å². The molecule has 1 aromatic heterocycles. The zero-order valence-electron chi connectivity index (χ0n) is 7.48. The minimum atomic E-state index is -1.13. The van der Waals surface area contributed by atoms with Gasteiger partial charge in [0.15, 0.2) is 5.69 Å². The van der Waals surface area contributed by atoms with Crippen molar-refractivity contribution in [3.63, 3.8) is 0 Å². The summed E-state index contributed by atoms with van der Waals surface area (Å²) >= 11 is 5.90. The fourth-order valence-corrected chi connectivity index (χ4v) is 1.35. The van der Waals surface area contributed by atoms with E-state index < -0.39 is 5.97 Å². The van der Waals surface area contributed by atoms with Gasteiger partial charge in [-0.2, -0.15) is 0 Å². The van der Waals surface area contributed by atoms with Crippen molar-refractivity contribution < 1.29 is 14.3 Å². The molecular formula is C10H6ClNO3. The highest BCUT2D eigenvalue weighted by atomic mass is 35.5. The fourth-order valence-electron chi connectivity index (χ4n) is 1.13. The number of hydrogen-bond acceptors (Lipinski definition) is 3. The van der Waals surface area contributed by atoms with Gasteiger partial charge < -0.3 is 9.52 Å². The van der Waals surface area contributed by atoms with Crippen LogP contribution in [0.25, 0.3) is 11.5 Å². The second kappa shape index (κ2) is 3.74. The maximum atomic E-state index is 10.6. The predicted molar refractivity (Wildman–Crippen MR) is 53.9 cm³/mol. The number of benzene rings is 1. The predicted octanol–water partition coefficient (Wildman–Crippen LogP) is 2.69. The maximum Gasteiger partial charge on any atom is 0.357 e. The molecule has 0 atom stereocenters. The second-order valence-electron chi connectivity index (χ2n) is 2.82. The number of rotatable bonds is 2. The van der Waals surface area contributed by atoms with E-state index in [9.17, 15) is 4.79 Å². The summed E-state index contributed by atoms with van der Waals surface area (Å²) in [5.41, 5.74) is 0.441. The topological polar surface area (TPSA) is 63.3 Å². The molecule has 2 rings (SSSR count). The first kappa shape index (κ1) is 9.73. The van der Waals surface area contributed by atoms with Gasteiger partial charge in [0.2, 0.25) is 5.89 Å². The number of aromatic carboxylic acids is 1.